The van der Waals surface area contributed by atoms with E-state index in [4.69, 9.17) is 16.6 Å². The van der Waals surface area contributed by atoms with Crippen molar-refractivity contribution in [2.24, 2.45) is 5.73 Å². The van der Waals surface area contributed by atoms with E-state index in [9.17, 15) is 5.11 Å². The molecule has 2 heterocycles. The molecule has 3 N–H and O–H groups in total. The summed E-state index contributed by atoms with van der Waals surface area (Å²) >= 11 is 0. The van der Waals surface area contributed by atoms with Crippen molar-refractivity contribution in [3.63, 3.8) is 0 Å². The van der Waals surface area contributed by atoms with Gasteiger partial charge >= 0.3 is 0 Å². The summed E-state index contributed by atoms with van der Waals surface area (Å²) in [5.74, 6) is 0. The van der Waals surface area contributed by atoms with Gasteiger partial charge in [-0.3, -0.25) is 0 Å². The van der Waals surface area contributed by atoms with E-state index in [0.717, 1.165) is 0 Å². The topological polar surface area (TPSA) is 64.7 Å². The third-order valence-electron chi connectivity index (χ3n) is 1.84. The molecule has 0 amide bonds. The summed E-state index contributed by atoms with van der Waals surface area (Å²) in [6.07, 6.45) is -2.27. The van der Waals surface area contributed by atoms with Gasteiger partial charge in [-0.2, -0.15) is 0 Å². The van der Waals surface area contributed by atoms with Crippen LogP contribution in [0, 0.1) is 0 Å². The molecule has 2 saturated heterocycles. The van der Waals surface area contributed by atoms with Crippen LogP contribution in [-0.4, -0.2) is 36.3 Å². The quantitative estimate of drug-likeness (QED) is 0.451. The minimum absolute atomic E-state index is 0.251. The molecule has 0 unspecified atom stereocenters. The molecule has 0 aromatic rings. The predicted octanol–water partition coefficient (Wildman–Crippen LogP) is -1.18. The summed E-state index contributed by atoms with van der Waals surface area (Å²) in [5.41, 5.74) is 5.55. The lowest BCUT2D eigenvalue weighted by molar-refractivity contribution is -0.159. The van der Waals surface area contributed by atoms with Gasteiger partial charge in [0.1, 0.15) is 6.10 Å². The largest absolute Gasteiger partial charge is 0.386 e. The SMILES string of the molecule is [2H][C@H]1[C@@H](N)[C@H](O)[C@@H]2OC[C@H]1O2. The number of rotatable bonds is 0. The van der Waals surface area contributed by atoms with E-state index in [1.807, 2.05) is 0 Å². The minimum atomic E-state index is -0.851. The average molecular weight is 146 g/mol. The second-order valence-electron chi connectivity index (χ2n) is 2.64. The molecule has 10 heavy (non-hydrogen) atoms. The van der Waals surface area contributed by atoms with Crippen LogP contribution in [0.25, 0.3) is 0 Å². The van der Waals surface area contributed by atoms with Crippen molar-refractivity contribution in [1.82, 2.24) is 0 Å². The molecule has 0 aromatic carbocycles. The summed E-state index contributed by atoms with van der Waals surface area (Å²) in [4.78, 5) is 0. The van der Waals surface area contributed by atoms with Gasteiger partial charge in [-0.05, 0) is 6.40 Å². The Bertz CT molecular complexity index is 148. The van der Waals surface area contributed by atoms with E-state index in [1.165, 1.54) is 0 Å². The normalized spacial score (nSPS) is 62.2. The molecule has 2 rings (SSSR count). The van der Waals surface area contributed by atoms with Crippen LogP contribution in [0.4, 0.5) is 0 Å². The van der Waals surface area contributed by atoms with Gasteiger partial charge < -0.3 is 20.3 Å². The molecular formula is C6H11NO3. The highest BCUT2D eigenvalue weighted by atomic mass is 16.7. The van der Waals surface area contributed by atoms with Crippen molar-refractivity contribution in [3.05, 3.63) is 0 Å². The number of aliphatic hydroxyl groups is 1. The summed E-state index contributed by atoms with van der Waals surface area (Å²) in [7, 11) is 0. The van der Waals surface area contributed by atoms with Crippen LogP contribution in [0.5, 0.6) is 0 Å². The molecule has 0 aromatic heterocycles. The lowest BCUT2D eigenvalue weighted by Gasteiger charge is -2.28. The Morgan fingerprint density at radius 2 is 2.50 bits per heavy atom. The molecule has 4 nitrogen and oxygen atoms in total. The third kappa shape index (κ3) is 0.845. The highest BCUT2D eigenvalue weighted by molar-refractivity contribution is 4.87. The van der Waals surface area contributed by atoms with Crippen LogP contribution >= 0.6 is 0 Å². The van der Waals surface area contributed by atoms with Crippen LogP contribution in [-0.2, 0) is 9.47 Å². The monoisotopic (exact) mass is 146 g/mol. The number of ether oxygens (including phenoxy) is 2. The highest BCUT2D eigenvalue weighted by Crippen LogP contribution is 2.25. The van der Waals surface area contributed by atoms with Gasteiger partial charge in [-0.25, -0.2) is 0 Å². The lowest BCUT2D eigenvalue weighted by Crippen LogP contribution is -2.48. The first kappa shape index (κ1) is 5.49. The Kier molecular flexibility index (Phi) is 1.19. The van der Waals surface area contributed by atoms with Crippen molar-refractivity contribution in [3.8, 4) is 0 Å². The average Bonchev–Trinajstić information content (AvgIpc) is 2.44. The predicted molar refractivity (Wildman–Crippen MR) is 33.2 cm³/mol. The Morgan fingerprint density at radius 3 is 3.30 bits per heavy atom. The van der Waals surface area contributed by atoms with Gasteiger partial charge in [-0.15, -0.1) is 0 Å². The Morgan fingerprint density at radius 1 is 1.70 bits per heavy atom. The van der Waals surface area contributed by atoms with Crippen LogP contribution in [0.1, 0.15) is 7.77 Å². The summed E-state index contributed by atoms with van der Waals surface area (Å²) in [5, 5.41) is 9.34. The maximum atomic E-state index is 9.34. The molecule has 2 bridgehead atoms. The molecule has 0 spiro atoms. The molecule has 0 radical (unpaired) electrons. The van der Waals surface area contributed by atoms with Gasteiger partial charge in [0, 0.05) is 7.41 Å². The van der Waals surface area contributed by atoms with Gasteiger partial charge in [0.2, 0.25) is 0 Å². The van der Waals surface area contributed by atoms with Crippen LogP contribution < -0.4 is 5.73 Å². The number of hydrogen-bond acceptors (Lipinski definition) is 4. The molecular weight excluding hydrogens is 134 g/mol. The van der Waals surface area contributed by atoms with Gasteiger partial charge in [-0.1, -0.05) is 0 Å². The zero-order chi connectivity index (χ0) is 8.01. The van der Waals surface area contributed by atoms with Crippen molar-refractivity contribution >= 4 is 0 Å². The van der Waals surface area contributed by atoms with E-state index in [-0.39, 0.29) is 6.10 Å². The van der Waals surface area contributed by atoms with Crippen molar-refractivity contribution in [1.29, 1.82) is 0 Å². The Labute approximate surface area is 60.3 Å². The van der Waals surface area contributed by atoms with Gasteiger partial charge in [0.05, 0.1) is 12.7 Å². The Hall–Kier alpha value is -0.160. The fourth-order valence-corrected chi connectivity index (χ4v) is 1.26. The highest BCUT2D eigenvalue weighted by Gasteiger charge is 2.41. The van der Waals surface area contributed by atoms with Crippen molar-refractivity contribution < 1.29 is 16.0 Å². The fraction of sp³-hybridized carbons (Fsp3) is 1.00. The third-order valence-corrected chi connectivity index (χ3v) is 1.84. The van der Waals surface area contributed by atoms with E-state index in [0.29, 0.717) is 6.61 Å². The Balaban J connectivity index is 2.16. The summed E-state index contributed by atoms with van der Waals surface area (Å²) in [6.45, 7) is 0.379. The molecule has 58 valence electrons. The van der Waals surface area contributed by atoms with Crippen LogP contribution in [0.15, 0.2) is 0 Å². The first-order valence-electron chi connectivity index (χ1n) is 3.91. The summed E-state index contributed by atoms with van der Waals surface area (Å²) in [6, 6.07) is -0.541. The van der Waals surface area contributed by atoms with E-state index < -0.39 is 24.8 Å². The second-order valence-corrected chi connectivity index (χ2v) is 2.64. The first-order chi connectivity index (χ1) is 5.20. The van der Waals surface area contributed by atoms with Crippen molar-refractivity contribution in [2.45, 2.75) is 30.9 Å². The minimum Gasteiger partial charge on any atom is -0.386 e. The van der Waals surface area contributed by atoms with E-state index in [1.54, 1.807) is 0 Å². The smallest absolute Gasteiger partial charge is 0.185 e. The first-order valence-corrected chi connectivity index (χ1v) is 3.33. The number of aliphatic hydroxyl groups excluding tert-OH is 1. The fourth-order valence-electron chi connectivity index (χ4n) is 1.26. The van der Waals surface area contributed by atoms with E-state index >= 15 is 0 Å². The molecule has 2 aliphatic heterocycles. The summed E-state index contributed by atoms with van der Waals surface area (Å²) < 4.78 is 17.7. The van der Waals surface area contributed by atoms with E-state index in [2.05, 4.69) is 0 Å². The zero-order valence-electron chi connectivity index (χ0n) is 6.43. The van der Waals surface area contributed by atoms with Gasteiger partial charge in [0.25, 0.3) is 0 Å². The van der Waals surface area contributed by atoms with Crippen molar-refractivity contribution in [2.75, 3.05) is 6.61 Å². The van der Waals surface area contributed by atoms with Crippen LogP contribution in [0.2, 0.25) is 0 Å². The van der Waals surface area contributed by atoms with Gasteiger partial charge in [0.15, 0.2) is 6.29 Å². The molecule has 0 aliphatic carbocycles. The number of hydrogen-bond donors (Lipinski definition) is 2. The molecule has 5 atom stereocenters. The number of nitrogens with two attached hydrogens (primary N) is 1. The molecule has 4 heteroatoms. The zero-order valence-corrected chi connectivity index (χ0v) is 5.43. The number of fused-ring (bicyclic) bond motifs is 2. The lowest BCUT2D eigenvalue weighted by atomic mass is 10.0. The van der Waals surface area contributed by atoms with Crippen LogP contribution in [0.3, 0.4) is 0 Å². The maximum Gasteiger partial charge on any atom is 0.185 e. The molecule has 2 aliphatic rings. The molecule has 0 saturated carbocycles. The maximum absolute atomic E-state index is 9.34. The molecule has 2 fully saturated rings. The second kappa shape index (κ2) is 2.17. The standard InChI is InChI=1S/C6H11NO3/c7-4-1-3-2-9-6(10-3)5(4)8/h3-6,8H,1-2,7H2/t3-,4+,5-,6+/m0/s1/i1D/t1-,3+,4-,5+,6-/m1.